The average molecular weight is 367 g/mol. The molecule has 0 unspecified atom stereocenters. The van der Waals surface area contributed by atoms with Gasteiger partial charge in [-0.3, -0.25) is 14.3 Å². The summed E-state index contributed by atoms with van der Waals surface area (Å²) in [7, 11) is 4.55. The number of amides is 1. The van der Waals surface area contributed by atoms with E-state index in [9.17, 15) is 22.8 Å². The Bertz CT molecular complexity index is 1090. The molecule has 0 spiro atoms. The van der Waals surface area contributed by atoms with E-state index < -0.39 is 17.8 Å². The van der Waals surface area contributed by atoms with E-state index in [-0.39, 0.29) is 22.3 Å². The van der Waals surface area contributed by atoms with Gasteiger partial charge in [-0.05, 0) is 12.5 Å². The van der Waals surface area contributed by atoms with Crippen molar-refractivity contribution in [2.75, 3.05) is 5.32 Å². The largest absolute Gasteiger partial charge is 0.435 e. The Morgan fingerprint density at radius 2 is 1.81 bits per heavy atom. The number of pyridine rings is 1. The lowest BCUT2D eigenvalue weighted by atomic mass is 10.1. The highest BCUT2D eigenvalue weighted by molar-refractivity contribution is 6.12. The maximum absolute atomic E-state index is 12.8. The van der Waals surface area contributed by atoms with Gasteiger partial charge in [0.25, 0.3) is 11.5 Å². The van der Waals surface area contributed by atoms with Crippen LogP contribution in [0.15, 0.2) is 23.3 Å². The van der Waals surface area contributed by atoms with Gasteiger partial charge in [0.05, 0.1) is 16.5 Å². The quantitative estimate of drug-likeness (QED) is 0.755. The van der Waals surface area contributed by atoms with E-state index in [1.807, 2.05) is 0 Å². The van der Waals surface area contributed by atoms with Crippen molar-refractivity contribution in [1.82, 2.24) is 18.9 Å². The molecule has 3 heterocycles. The molecule has 0 aliphatic heterocycles. The summed E-state index contributed by atoms with van der Waals surface area (Å²) < 4.78 is 42.2. The summed E-state index contributed by atoms with van der Waals surface area (Å²) >= 11 is 0. The second kappa shape index (κ2) is 5.75. The Balaban J connectivity index is 2.07. The van der Waals surface area contributed by atoms with E-state index in [0.29, 0.717) is 5.52 Å². The fraction of sp³-hybridized carbons (Fsp3) is 0.312. The minimum atomic E-state index is -4.62. The van der Waals surface area contributed by atoms with Gasteiger partial charge in [0, 0.05) is 39.6 Å². The SMILES string of the molecule is Cc1cn(C)c(=O)c2c(C(=O)Nc3cc(C(F)(F)F)nn3C)cn(C)c12. The number of nitrogens with one attached hydrogen (secondary N) is 1. The summed E-state index contributed by atoms with van der Waals surface area (Å²) in [5.41, 5.74) is 0.00153. The monoisotopic (exact) mass is 367 g/mol. The maximum atomic E-state index is 12.8. The second-order valence-electron chi connectivity index (χ2n) is 6.10. The minimum absolute atomic E-state index is 0.0848. The number of hydrogen-bond donors (Lipinski definition) is 1. The molecule has 0 aliphatic carbocycles. The van der Waals surface area contributed by atoms with E-state index in [4.69, 9.17) is 0 Å². The number of anilines is 1. The van der Waals surface area contributed by atoms with Gasteiger partial charge < -0.3 is 14.5 Å². The molecule has 3 aromatic heterocycles. The zero-order chi connectivity index (χ0) is 19.4. The van der Waals surface area contributed by atoms with Crippen LogP contribution in [0.3, 0.4) is 0 Å². The summed E-state index contributed by atoms with van der Waals surface area (Å²) in [5.74, 6) is -0.807. The summed E-state index contributed by atoms with van der Waals surface area (Å²) in [5, 5.41) is 5.95. The second-order valence-corrected chi connectivity index (χ2v) is 6.10. The molecule has 0 aliphatic rings. The van der Waals surface area contributed by atoms with Crippen molar-refractivity contribution >= 4 is 22.6 Å². The fourth-order valence-electron chi connectivity index (χ4n) is 2.98. The lowest BCUT2D eigenvalue weighted by Gasteiger charge is -2.06. The zero-order valence-corrected chi connectivity index (χ0v) is 14.5. The first-order valence-electron chi connectivity index (χ1n) is 7.58. The van der Waals surface area contributed by atoms with Crippen molar-refractivity contribution in [2.24, 2.45) is 21.1 Å². The molecule has 7 nitrogen and oxygen atoms in total. The molecule has 0 aromatic carbocycles. The first-order valence-corrected chi connectivity index (χ1v) is 7.58. The standard InChI is InChI=1S/C16H16F3N5O2/c1-8-6-23(3)15(26)12-9(7-22(2)13(8)12)14(25)20-11-5-10(16(17,18)19)21-24(11)4/h5-7H,1-4H3,(H,20,25). The molecule has 0 atom stereocenters. The van der Waals surface area contributed by atoms with Gasteiger partial charge in [-0.1, -0.05) is 0 Å². The number of rotatable bonds is 2. The third-order valence-electron chi connectivity index (χ3n) is 4.13. The first-order chi connectivity index (χ1) is 12.0. The first kappa shape index (κ1) is 17.8. The number of aromatic nitrogens is 4. The molecule has 10 heteroatoms. The fourth-order valence-corrected chi connectivity index (χ4v) is 2.98. The van der Waals surface area contributed by atoms with Crippen molar-refractivity contribution < 1.29 is 18.0 Å². The van der Waals surface area contributed by atoms with Crippen LogP contribution in [-0.4, -0.2) is 24.8 Å². The van der Waals surface area contributed by atoms with E-state index in [2.05, 4.69) is 10.4 Å². The van der Waals surface area contributed by atoms with Gasteiger partial charge in [-0.15, -0.1) is 0 Å². The van der Waals surface area contributed by atoms with Gasteiger partial charge in [-0.25, -0.2) is 0 Å². The van der Waals surface area contributed by atoms with Crippen LogP contribution in [0.4, 0.5) is 19.0 Å². The predicted octanol–water partition coefficient (Wildman–Crippen LogP) is 2.19. The van der Waals surface area contributed by atoms with Crippen LogP contribution in [0.2, 0.25) is 0 Å². The summed E-state index contributed by atoms with van der Waals surface area (Å²) in [6.07, 6.45) is -1.48. The zero-order valence-electron chi connectivity index (χ0n) is 14.5. The van der Waals surface area contributed by atoms with Crippen LogP contribution in [0.25, 0.3) is 10.9 Å². The number of halogens is 3. The highest BCUT2D eigenvalue weighted by Crippen LogP contribution is 2.30. The van der Waals surface area contributed by atoms with Gasteiger partial charge in [-0.2, -0.15) is 18.3 Å². The molecule has 0 radical (unpaired) electrons. The Kier molecular flexibility index (Phi) is 3.93. The Morgan fingerprint density at radius 3 is 2.38 bits per heavy atom. The van der Waals surface area contributed by atoms with Crippen molar-refractivity contribution in [3.8, 4) is 0 Å². The molecule has 0 fully saturated rings. The molecule has 26 heavy (non-hydrogen) atoms. The van der Waals surface area contributed by atoms with Crippen LogP contribution in [0.5, 0.6) is 0 Å². The van der Waals surface area contributed by atoms with Gasteiger partial charge in [0.1, 0.15) is 5.82 Å². The Labute approximate surface area is 145 Å². The van der Waals surface area contributed by atoms with Crippen LogP contribution in [0, 0.1) is 6.92 Å². The number of alkyl halides is 3. The predicted molar refractivity (Wildman–Crippen MR) is 89.1 cm³/mol. The van der Waals surface area contributed by atoms with Crippen molar-refractivity contribution in [2.45, 2.75) is 13.1 Å². The summed E-state index contributed by atoms with van der Waals surface area (Å²) in [4.78, 5) is 25.1. The van der Waals surface area contributed by atoms with Crippen LogP contribution < -0.4 is 10.9 Å². The van der Waals surface area contributed by atoms with Gasteiger partial charge in [0.2, 0.25) is 0 Å². The molecule has 3 rings (SSSR count). The van der Waals surface area contributed by atoms with E-state index in [1.54, 1.807) is 31.8 Å². The van der Waals surface area contributed by atoms with E-state index in [0.717, 1.165) is 16.3 Å². The minimum Gasteiger partial charge on any atom is -0.349 e. The molecular formula is C16H16F3N5O2. The smallest absolute Gasteiger partial charge is 0.349 e. The van der Waals surface area contributed by atoms with Crippen LogP contribution in [-0.2, 0) is 27.3 Å². The number of nitrogens with zero attached hydrogens (tertiary/aromatic N) is 4. The molecule has 1 N–H and O–H groups in total. The molecule has 0 saturated carbocycles. The van der Waals surface area contributed by atoms with Crippen molar-refractivity contribution in [3.63, 3.8) is 0 Å². The number of carbonyl (C=O) groups excluding carboxylic acids is 1. The lowest BCUT2D eigenvalue weighted by molar-refractivity contribution is -0.141. The van der Waals surface area contributed by atoms with Crippen LogP contribution >= 0.6 is 0 Å². The number of hydrogen-bond acceptors (Lipinski definition) is 3. The molecule has 1 amide bonds. The van der Waals surface area contributed by atoms with E-state index >= 15 is 0 Å². The molecular weight excluding hydrogens is 351 g/mol. The van der Waals surface area contributed by atoms with Crippen molar-refractivity contribution in [1.29, 1.82) is 0 Å². The van der Waals surface area contributed by atoms with Gasteiger partial charge in [0.15, 0.2) is 5.69 Å². The third-order valence-corrected chi connectivity index (χ3v) is 4.13. The maximum Gasteiger partial charge on any atom is 0.435 e. The summed E-state index contributed by atoms with van der Waals surface area (Å²) in [6, 6.07) is 0.742. The number of carbonyl (C=O) groups is 1. The third kappa shape index (κ3) is 2.76. The normalized spacial score (nSPS) is 12.0. The average Bonchev–Trinajstić information content (AvgIpc) is 3.06. The topological polar surface area (TPSA) is 73.8 Å². The van der Waals surface area contributed by atoms with E-state index in [1.165, 1.54) is 17.8 Å². The summed E-state index contributed by atoms with van der Waals surface area (Å²) in [6.45, 7) is 1.81. The highest BCUT2D eigenvalue weighted by atomic mass is 19.4. The molecule has 0 saturated heterocycles. The van der Waals surface area contributed by atoms with Crippen molar-refractivity contribution in [3.05, 3.63) is 45.6 Å². The highest BCUT2D eigenvalue weighted by Gasteiger charge is 2.35. The lowest BCUT2D eigenvalue weighted by Crippen LogP contribution is -2.20. The number of fused-ring (bicyclic) bond motifs is 1. The Hall–Kier alpha value is -3.04. The molecule has 3 aromatic rings. The Morgan fingerprint density at radius 1 is 1.15 bits per heavy atom. The van der Waals surface area contributed by atoms with Gasteiger partial charge >= 0.3 is 6.18 Å². The number of aryl methyl sites for hydroxylation is 4. The van der Waals surface area contributed by atoms with Crippen LogP contribution in [0.1, 0.15) is 21.6 Å². The molecule has 138 valence electrons. The molecule has 0 bridgehead atoms.